The second-order valence-electron chi connectivity index (χ2n) is 3.83. The van der Waals surface area contributed by atoms with E-state index in [0.717, 1.165) is 43.2 Å². The van der Waals surface area contributed by atoms with E-state index in [4.69, 9.17) is 10.1 Å². The first-order valence-corrected chi connectivity index (χ1v) is 5.35. The molecular formula is C11H15N4O+. The second-order valence-corrected chi connectivity index (χ2v) is 3.83. The van der Waals surface area contributed by atoms with Crippen LogP contribution < -0.4 is 10.3 Å². The molecule has 0 atom stereocenters. The number of hydrogen-bond donors (Lipinski definition) is 1. The molecule has 2 rings (SSSR count). The van der Waals surface area contributed by atoms with Gasteiger partial charge in [-0.05, 0) is 30.0 Å². The molecule has 16 heavy (non-hydrogen) atoms. The van der Waals surface area contributed by atoms with Gasteiger partial charge in [-0.1, -0.05) is 6.07 Å². The number of diazo groups is 1. The van der Waals surface area contributed by atoms with E-state index in [-0.39, 0.29) is 0 Å². The highest BCUT2D eigenvalue weighted by molar-refractivity contribution is 5.71. The molecule has 1 N–H and O–H groups in total. The average Bonchev–Trinajstić information content (AvgIpc) is 2.31. The van der Waals surface area contributed by atoms with Crippen LogP contribution in [0.4, 0.5) is 11.4 Å². The summed E-state index contributed by atoms with van der Waals surface area (Å²) in [5, 5.41) is 11.6. The van der Waals surface area contributed by atoms with Gasteiger partial charge in [0.15, 0.2) is 0 Å². The molecule has 0 aliphatic carbocycles. The van der Waals surface area contributed by atoms with Crippen molar-refractivity contribution in [2.75, 3.05) is 36.6 Å². The first kappa shape index (κ1) is 10.7. The molecule has 1 heterocycles. The Bertz CT molecular complexity index is 407. The standard InChI is InChI=1S/C11H15N4O/c1-9-2-3-11(10(8-9)13-14-12)15-4-6-16-7-5-15/h2-3,8,13H,4-7H2,1H3/q+1. The minimum atomic E-state index is 0.740. The van der Waals surface area contributed by atoms with Gasteiger partial charge in [-0.2, -0.15) is 0 Å². The molecule has 1 aromatic rings. The van der Waals surface area contributed by atoms with E-state index >= 15 is 0 Å². The molecule has 0 radical (unpaired) electrons. The van der Waals surface area contributed by atoms with E-state index in [1.54, 1.807) is 0 Å². The third kappa shape index (κ3) is 2.23. The summed E-state index contributed by atoms with van der Waals surface area (Å²) < 4.78 is 5.31. The Balaban J connectivity index is 2.27. The van der Waals surface area contributed by atoms with E-state index in [9.17, 15) is 0 Å². The van der Waals surface area contributed by atoms with Gasteiger partial charge in [0.05, 0.1) is 18.9 Å². The number of benzene rings is 1. The van der Waals surface area contributed by atoms with Crippen molar-refractivity contribution in [1.82, 2.24) is 0 Å². The summed E-state index contributed by atoms with van der Waals surface area (Å²) in [7, 11) is 0. The van der Waals surface area contributed by atoms with Gasteiger partial charge in [0, 0.05) is 13.1 Å². The Morgan fingerprint density at radius 1 is 1.38 bits per heavy atom. The number of aryl methyl sites for hydroxylation is 1. The molecule has 84 valence electrons. The number of nitrogens with one attached hydrogen (secondary N) is 1. The maximum atomic E-state index is 8.60. The molecule has 5 nitrogen and oxygen atoms in total. The molecule has 0 aromatic heterocycles. The lowest BCUT2D eigenvalue weighted by Crippen LogP contribution is -2.36. The quantitative estimate of drug-likeness (QED) is 0.610. The molecular weight excluding hydrogens is 204 g/mol. The van der Waals surface area contributed by atoms with Crippen molar-refractivity contribution in [3.8, 4) is 0 Å². The predicted molar refractivity (Wildman–Crippen MR) is 62.9 cm³/mol. The van der Waals surface area contributed by atoms with Crippen molar-refractivity contribution in [3.05, 3.63) is 28.8 Å². The van der Waals surface area contributed by atoms with Crippen LogP contribution in [0.2, 0.25) is 0 Å². The van der Waals surface area contributed by atoms with Gasteiger partial charge < -0.3 is 9.64 Å². The third-order valence-corrected chi connectivity index (χ3v) is 2.67. The van der Waals surface area contributed by atoms with E-state index in [0.29, 0.717) is 0 Å². The average molecular weight is 219 g/mol. The van der Waals surface area contributed by atoms with Crippen LogP contribution in [0.25, 0.3) is 5.08 Å². The number of nitrogens with zero attached hydrogens (tertiary/aromatic N) is 3. The van der Waals surface area contributed by atoms with Crippen LogP contribution >= 0.6 is 0 Å². The van der Waals surface area contributed by atoms with Crippen LogP contribution in [-0.4, -0.2) is 26.3 Å². The molecule has 0 saturated carbocycles. The lowest BCUT2D eigenvalue weighted by Gasteiger charge is -2.29. The topological polar surface area (TPSA) is 52.6 Å². The Kier molecular flexibility index (Phi) is 3.22. The van der Waals surface area contributed by atoms with E-state index in [1.165, 1.54) is 0 Å². The summed E-state index contributed by atoms with van der Waals surface area (Å²) in [5.41, 5.74) is 5.61. The van der Waals surface area contributed by atoms with Crippen molar-refractivity contribution < 1.29 is 4.74 Å². The Hall–Kier alpha value is -1.80. The summed E-state index contributed by atoms with van der Waals surface area (Å²) in [6.45, 7) is 5.21. The maximum Gasteiger partial charge on any atom is 0.308 e. The normalized spacial score (nSPS) is 15.6. The fraction of sp³-hybridized carbons (Fsp3) is 0.455. The van der Waals surface area contributed by atoms with Gasteiger partial charge in [-0.15, -0.1) is 0 Å². The number of rotatable bonds is 2. The molecule has 1 aliphatic rings. The lowest BCUT2D eigenvalue weighted by atomic mass is 10.1. The molecule has 1 fully saturated rings. The highest BCUT2D eigenvalue weighted by atomic mass is 16.5. The minimum absolute atomic E-state index is 0.740. The zero-order valence-electron chi connectivity index (χ0n) is 9.31. The Morgan fingerprint density at radius 2 is 2.12 bits per heavy atom. The van der Waals surface area contributed by atoms with Gasteiger partial charge in [-0.3, -0.25) is 0 Å². The number of hydrogen-bond acceptors (Lipinski definition) is 4. The highest BCUT2D eigenvalue weighted by Gasteiger charge is 2.16. The molecule has 0 unspecified atom stereocenters. The largest absolute Gasteiger partial charge is 0.378 e. The zero-order valence-corrected chi connectivity index (χ0v) is 9.31. The number of ether oxygens (including phenoxy) is 1. The summed E-state index contributed by atoms with van der Waals surface area (Å²) in [6.07, 6.45) is 0. The molecule has 1 aromatic carbocycles. The summed E-state index contributed by atoms with van der Waals surface area (Å²) in [4.78, 5) is 2.22. The second kappa shape index (κ2) is 4.81. The smallest absolute Gasteiger partial charge is 0.308 e. The van der Waals surface area contributed by atoms with Crippen LogP contribution in [0.5, 0.6) is 0 Å². The molecule has 1 saturated heterocycles. The maximum absolute atomic E-state index is 8.60. The molecule has 0 amide bonds. The van der Waals surface area contributed by atoms with Crippen molar-refractivity contribution in [1.29, 1.82) is 5.39 Å². The number of anilines is 2. The van der Waals surface area contributed by atoms with Crippen LogP contribution in [0.1, 0.15) is 5.56 Å². The molecule has 0 bridgehead atoms. The van der Waals surface area contributed by atoms with Gasteiger partial charge in [0.2, 0.25) is 0 Å². The fourth-order valence-electron chi connectivity index (χ4n) is 1.87. The van der Waals surface area contributed by atoms with E-state index in [1.807, 2.05) is 25.1 Å². The first-order chi connectivity index (χ1) is 7.81. The summed E-state index contributed by atoms with van der Waals surface area (Å²) in [5.74, 6) is 0. The Morgan fingerprint density at radius 3 is 2.81 bits per heavy atom. The number of morpholine rings is 1. The van der Waals surface area contributed by atoms with Crippen LogP contribution in [0, 0.1) is 12.3 Å². The SMILES string of the molecule is Cc1ccc(N2CCOCC2)c(N[N+]#N)c1. The van der Waals surface area contributed by atoms with Crippen molar-refractivity contribution in [2.24, 2.45) is 0 Å². The van der Waals surface area contributed by atoms with Crippen molar-refractivity contribution >= 4 is 11.4 Å². The molecule has 1 aliphatic heterocycles. The van der Waals surface area contributed by atoms with Crippen molar-refractivity contribution in [2.45, 2.75) is 6.92 Å². The van der Waals surface area contributed by atoms with Gasteiger partial charge >= 0.3 is 5.08 Å². The van der Waals surface area contributed by atoms with E-state index < -0.39 is 0 Å². The summed E-state index contributed by atoms with van der Waals surface area (Å²) in [6, 6.07) is 6.05. The van der Waals surface area contributed by atoms with Crippen LogP contribution in [-0.2, 0) is 4.74 Å². The lowest BCUT2D eigenvalue weighted by molar-refractivity contribution is 0.123. The molecule has 0 spiro atoms. The predicted octanol–water partition coefficient (Wildman–Crippen LogP) is 2.01. The fourth-order valence-corrected chi connectivity index (χ4v) is 1.87. The minimum Gasteiger partial charge on any atom is -0.378 e. The first-order valence-electron chi connectivity index (χ1n) is 5.35. The van der Waals surface area contributed by atoms with Crippen LogP contribution in [0.15, 0.2) is 18.2 Å². The van der Waals surface area contributed by atoms with Crippen LogP contribution in [0.3, 0.4) is 0 Å². The monoisotopic (exact) mass is 219 g/mol. The highest BCUT2D eigenvalue weighted by Crippen LogP contribution is 2.27. The van der Waals surface area contributed by atoms with Gasteiger partial charge in [0.25, 0.3) is 5.39 Å². The molecule has 5 heteroatoms. The third-order valence-electron chi connectivity index (χ3n) is 2.67. The summed E-state index contributed by atoms with van der Waals surface area (Å²) >= 11 is 0. The van der Waals surface area contributed by atoms with Gasteiger partial charge in [0.1, 0.15) is 5.69 Å². The van der Waals surface area contributed by atoms with Gasteiger partial charge in [-0.25, -0.2) is 0 Å². The van der Waals surface area contributed by atoms with E-state index in [2.05, 4.69) is 15.4 Å². The zero-order chi connectivity index (χ0) is 11.4. The van der Waals surface area contributed by atoms with Crippen molar-refractivity contribution in [3.63, 3.8) is 0 Å². The Labute approximate surface area is 94.6 Å².